The predicted octanol–water partition coefficient (Wildman–Crippen LogP) is 1.50. The van der Waals surface area contributed by atoms with Crippen molar-refractivity contribution in [1.82, 2.24) is 4.90 Å². The van der Waals surface area contributed by atoms with Gasteiger partial charge >= 0.3 is 6.03 Å². The molecule has 0 spiro atoms. The van der Waals surface area contributed by atoms with Crippen LogP contribution in [-0.2, 0) is 0 Å². The Morgan fingerprint density at radius 2 is 2.25 bits per heavy atom. The van der Waals surface area contributed by atoms with E-state index < -0.39 is 6.03 Å². The molecule has 0 fully saturated rings. The molecule has 0 aliphatic heterocycles. The van der Waals surface area contributed by atoms with Crippen LogP contribution in [0.4, 0.5) is 10.5 Å². The zero-order chi connectivity index (χ0) is 12.1. The van der Waals surface area contributed by atoms with Gasteiger partial charge in [-0.1, -0.05) is 11.6 Å². The average Bonchev–Trinajstić information content (AvgIpc) is 2.22. The Labute approximate surface area is 98.3 Å². The summed E-state index contributed by atoms with van der Waals surface area (Å²) in [6.07, 6.45) is 0. The van der Waals surface area contributed by atoms with Gasteiger partial charge in [0.25, 0.3) is 0 Å². The van der Waals surface area contributed by atoms with E-state index in [0.717, 1.165) is 0 Å². The molecule has 0 aliphatic rings. The first-order valence-corrected chi connectivity index (χ1v) is 5.04. The molecule has 1 rings (SSSR count). The van der Waals surface area contributed by atoms with Crippen molar-refractivity contribution in [2.75, 3.05) is 25.5 Å². The van der Waals surface area contributed by atoms with Crippen LogP contribution in [0.25, 0.3) is 0 Å². The molecule has 16 heavy (non-hydrogen) atoms. The summed E-state index contributed by atoms with van der Waals surface area (Å²) in [5.74, 6) is -0.0988. The Hall–Kier alpha value is -1.46. The highest BCUT2D eigenvalue weighted by Crippen LogP contribution is 2.26. The van der Waals surface area contributed by atoms with E-state index in [1.54, 1.807) is 13.1 Å². The molecule has 0 aromatic heterocycles. The molecule has 2 amide bonds. The molecule has 0 aliphatic carbocycles. The second kappa shape index (κ2) is 5.58. The van der Waals surface area contributed by atoms with Crippen molar-refractivity contribution in [1.29, 1.82) is 0 Å². The lowest BCUT2D eigenvalue weighted by atomic mass is 10.3. The molecule has 1 aromatic carbocycles. The molecule has 1 aromatic rings. The molecule has 0 unspecified atom stereocenters. The fourth-order valence-electron chi connectivity index (χ4n) is 1.07. The average molecular weight is 245 g/mol. The zero-order valence-electron chi connectivity index (χ0n) is 8.77. The van der Waals surface area contributed by atoms with Gasteiger partial charge in [0.15, 0.2) is 0 Å². The number of aromatic hydroxyl groups is 1. The molecule has 0 saturated carbocycles. The van der Waals surface area contributed by atoms with E-state index >= 15 is 0 Å². The van der Waals surface area contributed by atoms with E-state index in [2.05, 4.69) is 5.32 Å². The fraction of sp³-hybridized carbons (Fsp3) is 0.300. The largest absolute Gasteiger partial charge is 0.506 e. The Kier molecular flexibility index (Phi) is 4.39. The lowest BCUT2D eigenvalue weighted by Crippen LogP contribution is -2.33. The fourth-order valence-corrected chi connectivity index (χ4v) is 1.24. The van der Waals surface area contributed by atoms with Crippen molar-refractivity contribution in [3.8, 4) is 5.75 Å². The third-order valence-electron chi connectivity index (χ3n) is 1.98. The number of carbonyl (C=O) groups excluding carboxylic acids is 1. The highest BCUT2D eigenvalue weighted by atomic mass is 35.5. The van der Waals surface area contributed by atoms with Crippen LogP contribution < -0.4 is 5.32 Å². The Morgan fingerprint density at radius 1 is 1.56 bits per heavy atom. The van der Waals surface area contributed by atoms with Crippen molar-refractivity contribution in [2.24, 2.45) is 0 Å². The first kappa shape index (κ1) is 12.6. The van der Waals surface area contributed by atoms with Gasteiger partial charge in [0.05, 0.1) is 12.3 Å². The quantitative estimate of drug-likeness (QED) is 0.706. The number of carbonyl (C=O) groups is 1. The van der Waals surface area contributed by atoms with Crippen molar-refractivity contribution in [3.63, 3.8) is 0 Å². The van der Waals surface area contributed by atoms with Gasteiger partial charge < -0.3 is 20.4 Å². The lowest BCUT2D eigenvalue weighted by molar-refractivity contribution is 0.202. The molecular weight excluding hydrogens is 232 g/mol. The number of urea groups is 1. The van der Waals surface area contributed by atoms with Gasteiger partial charge in [-0.15, -0.1) is 0 Å². The number of nitrogens with one attached hydrogen (secondary N) is 1. The first-order valence-electron chi connectivity index (χ1n) is 4.66. The Morgan fingerprint density at radius 3 is 2.81 bits per heavy atom. The van der Waals surface area contributed by atoms with Crippen LogP contribution in [0.1, 0.15) is 0 Å². The van der Waals surface area contributed by atoms with E-state index in [4.69, 9.17) is 16.7 Å². The van der Waals surface area contributed by atoms with Crippen LogP contribution in [0.15, 0.2) is 18.2 Å². The van der Waals surface area contributed by atoms with Gasteiger partial charge in [-0.25, -0.2) is 4.79 Å². The number of phenols is 1. The number of likely N-dealkylation sites (N-methyl/N-ethyl adjacent to an activating group) is 1. The molecule has 3 N–H and O–H groups in total. The van der Waals surface area contributed by atoms with Crippen LogP contribution in [0.3, 0.4) is 0 Å². The van der Waals surface area contributed by atoms with E-state index in [9.17, 15) is 9.90 Å². The smallest absolute Gasteiger partial charge is 0.321 e. The summed E-state index contributed by atoms with van der Waals surface area (Å²) in [4.78, 5) is 12.8. The highest BCUT2D eigenvalue weighted by Gasteiger charge is 2.10. The second-order valence-corrected chi connectivity index (χ2v) is 3.67. The topological polar surface area (TPSA) is 72.8 Å². The van der Waals surface area contributed by atoms with Crippen molar-refractivity contribution in [3.05, 3.63) is 23.2 Å². The van der Waals surface area contributed by atoms with Gasteiger partial charge in [0.2, 0.25) is 0 Å². The summed E-state index contributed by atoms with van der Waals surface area (Å²) >= 11 is 5.65. The SMILES string of the molecule is CN(CCO)C(=O)Nc1ccc(Cl)cc1O. The van der Waals surface area contributed by atoms with Gasteiger partial charge in [0, 0.05) is 24.7 Å². The zero-order valence-corrected chi connectivity index (χ0v) is 9.53. The van der Waals surface area contributed by atoms with Crippen molar-refractivity contribution >= 4 is 23.3 Å². The normalized spacial score (nSPS) is 9.94. The van der Waals surface area contributed by atoms with Crippen LogP contribution in [0, 0.1) is 0 Å². The summed E-state index contributed by atoms with van der Waals surface area (Å²) in [6.45, 7) is 0.108. The molecule has 0 saturated heterocycles. The molecular formula is C10H13ClN2O3. The maximum atomic E-state index is 11.5. The molecule has 6 heteroatoms. The third kappa shape index (κ3) is 3.29. The number of hydrogen-bond donors (Lipinski definition) is 3. The first-order chi connectivity index (χ1) is 7.54. The predicted molar refractivity (Wildman–Crippen MR) is 61.9 cm³/mol. The molecule has 88 valence electrons. The number of amides is 2. The number of aliphatic hydroxyl groups excluding tert-OH is 1. The number of anilines is 1. The van der Waals surface area contributed by atoms with Gasteiger partial charge in [-0.05, 0) is 12.1 Å². The minimum absolute atomic E-state index is 0.0988. The maximum absolute atomic E-state index is 11.5. The van der Waals surface area contributed by atoms with Crippen LogP contribution in [0.2, 0.25) is 5.02 Å². The van der Waals surface area contributed by atoms with Crippen LogP contribution in [-0.4, -0.2) is 41.3 Å². The molecule has 5 nitrogen and oxygen atoms in total. The summed E-state index contributed by atoms with van der Waals surface area (Å²) in [6, 6.07) is 3.99. The highest BCUT2D eigenvalue weighted by molar-refractivity contribution is 6.30. The van der Waals surface area contributed by atoms with Crippen molar-refractivity contribution < 1.29 is 15.0 Å². The maximum Gasteiger partial charge on any atom is 0.321 e. The number of benzene rings is 1. The Balaban J connectivity index is 2.69. The number of hydrogen-bond acceptors (Lipinski definition) is 3. The number of rotatable bonds is 3. The number of halogens is 1. The van der Waals surface area contributed by atoms with Crippen LogP contribution in [0.5, 0.6) is 5.75 Å². The van der Waals surface area contributed by atoms with E-state index in [1.807, 2.05) is 0 Å². The van der Waals surface area contributed by atoms with Gasteiger partial charge in [-0.2, -0.15) is 0 Å². The summed E-state index contributed by atoms with van der Waals surface area (Å²) in [5, 5.41) is 21.0. The minimum atomic E-state index is -0.410. The molecule has 0 heterocycles. The molecule has 0 bridgehead atoms. The molecule has 0 atom stereocenters. The van der Waals surface area contributed by atoms with E-state index in [-0.39, 0.29) is 24.6 Å². The second-order valence-electron chi connectivity index (χ2n) is 3.24. The summed E-state index contributed by atoms with van der Waals surface area (Å²) in [7, 11) is 1.54. The van der Waals surface area contributed by atoms with E-state index in [1.165, 1.54) is 17.0 Å². The summed E-state index contributed by atoms with van der Waals surface area (Å²) < 4.78 is 0. The number of nitrogens with zero attached hydrogens (tertiary/aromatic N) is 1. The van der Waals surface area contributed by atoms with E-state index in [0.29, 0.717) is 5.02 Å². The molecule has 0 radical (unpaired) electrons. The monoisotopic (exact) mass is 244 g/mol. The standard InChI is InChI=1S/C10H13ClN2O3/c1-13(4-5-14)10(16)12-8-3-2-7(11)6-9(8)15/h2-3,6,14-15H,4-5H2,1H3,(H,12,16). The van der Waals surface area contributed by atoms with Gasteiger partial charge in [-0.3, -0.25) is 0 Å². The number of phenolic OH excluding ortho intramolecular Hbond substituents is 1. The lowest BCUT2D eigenvalue weighted by Gasteiger charge is -2.17. The van der Waals surface area contributed by atoms with Gasteiger partial charge in [0.1, 0.15) is 5.75 Å². The van der Waals surface area contributed by atoms with Crippen LogP contribution >= 0.6 is 11.6 Å². The summed E-state index contributed by atoms with van der Waals surface area (Å²) in [5.41, 5.74) is 0.277. The van der Waals surface area contributed by atoms with Crippen molar-refractivity contribution in [2.45, 2.75) is 0 Å². The number of aliphatic hydroxyl groups is 1. The minimum Gasteiger partial charge on any atom is -0.506 e. The Bertz CT molecular complexity index is 384. The third-order valence-corrected chi connectivity index (χ3v) is 2.22.